The molecule has 0 bridgehead atoms. The Bertz CT molecular complexity index is 672. The molecule has 0 aromatic carbocycles. The lowest BCUT2D eigenvalue weighted by atomic mass is 9.84. The summed E-state index contributed by atoms with van der Waals surface area (Å²) in [6.07, 6.45) is 6.38. The summed E-state index contributed by atoms with van der Waals surface area (Å²) in [6.45, 7) is 2.99. The van der Waals surface area contributed by atoms with Crippen molar-refractivity contribution >= 4 is 17.8 Å². The molecule has 2 fully saturated rings. The molecule has 7 heteroatoms. The molecule has 7 nitrogen and oxygen atoms in total. The number of carbonyl (C=O) groups is 3. The van der Waals surface area contributed by atoms with Gasteiger partial charge in [0.1, 0.15) is 11.7 Å². The zero-order valence-electron chi connectivity index (χ0n) is 15.4. The Morgan fingerprint density at radius 1 is 1.19 bits per heavy atom. The predicted octanol–water partition coefficient (Wildman–Crippen LogP) is 1.74. The van der Waals surface area contributed by atoms with Crippen LogP contribution in [0.15, 0.2) is 18.3 Å². The number of nitrogens with one attached hydrogen (secondary N) is 1. The molecule has 2 aliphatic rings. The van der Waals surface area contributed by atoms with Crippen LogP contribution in [0.25, 0.3) is 0 Å². The number of amides is 2. The molecular formula is C19H27N3O4. The third-order valence-electron chi connectivity index (χ3n) is 5.55. The maximum Gasteiger partial charge on any atom is 0.354 e. The molecular weight excluding hydrogens is 334 g/mol. The van der Waals surface area contributed by atoms with Crippen LogP contribution in [0.5, 0.6) is 0 Å². The topological polar surface area (TPSA) is 80.6 Å². The highest BCUT2D eigenvalue weighted by atomic mass is 16.5. The van der Waals surface area contributed by atoms with E-state index in [1.165, 1.54) is 7.11 Å². The van der Waals surface area contributed by atoms with E-state index in [0.29, 0.717) is 18.8 Å². The number of esters is 1. The van der Waals surface area contributed by atoms with E-state index in [9.17, 15) is 14.4 Å². The van der Waals surface area contributed by atoms with Gasteiger partial charge in [-0.2, -0.15) is 0 Å². The van der Waals surface area contributed by atoms with Crippen LogP contribution < -0.4 is 5.32 Å². The number of nitrogens with zero attached hydrogens (tertiary/aromatic N) is 2. The van der Waals surface area contributed by atoms with Crippen LogP contribution in [-0.2, 0) is 14.3 Å². The van der Waals surface area contributed by atoms with Crippen molar-refractivity contribution in [2.75, 3.05) is 20.2 Å². The van der Waals surface area contributed by atoms with E-state index < -0.39 is 6.04 Å². The van der Waals surface area contributed by atoms with Crippen molar-refractivity contribution in [2.45, 2.75) is 51.1 Å². The summed E-state index contributed by atoms with van der Waals surface area (Å²) in [7, 11) is 1.38. The van der Waals surface area contributed by atoms with Gasteiger partial charge in [0.15, 0.2) is 0 Å². The van der Waals surface area contributed by atoms with Gasteiger partial charge in [-0.25, -0.2) is 4.79 Å². The molecule has 0 radical (unpaired) electrons. The molecule has 1 saturated carbocycles. The second-order valence-electron chi connectivity index (χ2n) is 7.21. The average molecular weight is 361 g/mol. The Morgan fingerprint density at radius 3 is 2.46 bits per heavy atom. The molecule has 3 rings (SSSR count). The van der Waals surface area contributed by atoms with E-state index in [-0.39, 0.29) is 29.7 Å². The lowest BCUT2D eigenvalue weighted by molar-refractivity contribution is -0.138. The third kappa shape index (κ3) is 3.76. The molecule has 26 heavy (non-hydrogen) atoms. The van der Waals surface area contributed by atoms with Crippen LogP contribution in [0.2, 0.25) is 0 Å². The van der Waals surface area contributed by atoms with Crippen LogP contribution >= 0.6 is 0 Å². The number of hydrogen-bond acceptors (Lipinski definition) is 4. The number of methoxy groups -OCH3 is 1. The zero-order chi connectivity index (χ0) is 18.7. The first-order valence-electron chi connectivity index (χ1n) is 9.35. The van der Waals surface area contributed by atoms with Gasteiger partial charge in [-0.3, -0.25) is 9.59 Å². The van der Waals surface area contributed by atoms with Gasteiger partial charge in [-0.05, 0) is 44.7 Å². The Morgan fingerprint density at radius 2 is 1.88 bits per heavy atom. The molecule has 0 spiro atoms. The Hall–Kier alpha value is -2.31. The summed E-state index contributed by atoms with van der Waals surface area (Å²) in [5.41, 5.74) is 0.540. The molecule has 1 saturated heterocycles. The molecule has 1 aromatic rings. The van der Waals surface area contributed by atoms with Gasteiger partial charge in [0.2, 0.25) is 11.8 Å². The van der Waals surface area contributed by atoms with Gasteiger partial charge in [-0.1, -0.05) is 6.42 Å². The Labute approximate surface area is 153 Å². The molecule has 1 N–H and O–H groups in total. The molecule has 2 amide bonds. The lowest BCUT2D eigenvalue weighted by Crippen LogP contribution is -2.51. The maximum atomic E-state index is 12.6. The summed E-state index contributed by atoms with van der Waals surface area (Å²) < 4.78 is 6.76. The van der Waals surface area contributed by atoms with Crippen LogP contribution in [0, 0.1) is 5.92 Å². The highest BCUT2D eigenvalue weighted by Crippen LogP contribution is 2.27. The number of hydrogen-bond donors (Lipinski definition) is 1. The van der Waals surface area contributed by atoms with Crippen LogP contribution in [-0.4, -0.2) is 53.5 Å². The largest absolute Gasteiger partial charge is 0.464 e. The minimum Gasteiger partial charge on any atom is -0.464 e. The standard InChI is InChI=1S/C19H27N3O4/c1-13(20-17(23)14-5-3-6-14)18(24)21-11-8-15(9-12-21)22-10-4-7-16(22)19(25)26-2/h4,7,10,13-15H,3,5-6,8-9,11-12H2,1-2H3,(H,20,23). The SMILES string of the molecule is COC(=O)c1cccn1C1CCN(C(=O)C(C)NC(=O)C2CCC2)CC1. The van der Waals surface area contributed by atoms with Gasteiger partial charge in [0.25, 0.3) is 0 Å². The Balaban J connectivity index is 1.53. The summed E-state index contributed by atoms with van der Waals surface area (Å²) in [5, 5.41) is 2.85. The number of piperidine rings is 1. The van der Waals surface area contributed by atoms with Crippen molar-refractivity contribution in [3.05, 3.63) is 24.0 Å². The van der Waals surface area contributed by atoms with Gasteiger partial charge in [0, 0.05) is 31.2 Å². The van der Waals surface area contributed by atoms with Crippen LogP contribution in [0.4, 0.5) is 0 Å². The van der Waals surface area contributed by atoms with E-state index in [1.54, 1.807) is 13.0 Å². The van der Waals surface area contributed by atoms with Gasteiger partial charge >= 0.3 is 5.97 Å². The number of rotatable bonds is 5. The highest BCUT2D eigenvalue weighted by molar-refractivity contribution is 5.89. The average Bonchev–Trinajstić information content (AvgIpc) is 3.08. The van der Waals surface area contributed by atoms with Gasteiger partial charge in [-0.15, -0.1) is 0 Å². The fourth-order valence-electron chi connectivity index (χ4n) is 3.69. The normalized spacial score (nSPS) is 19.5. The zero-order valence-corrected chi connectivity index (χ0v) is 15.4. The van der Waals surface area contributed by atoms with Crippen molar-refractivity contribution in [3.8, 4) is 0 Å². The second kappa shape index (κ2) is 7.93. The van der Waals surface area contributed by atoms with E-state index in [2.05, 4.69) is 5.32 Å². The molecule has 2 heterocycles. The van der Waals surface area contributed by atoms with Gasteiger partial charge in [0.05, 0.1) is 7.11 Å². The second-order valence-corrected chi connectivity index (χ2v) is 7.21. The van der Waals surface area contributed by atoms with Crippen LogP contribution in [0.3, 0.4) is 0 Å². The van der Waals surface area contributed by atoms with E-state index in [0.717, 1.165) is 32.1 Å². The first kappa shape index (κ1) is 18.5. The quantitative estimate of drug-likeness (QED) is 0.810. The summed E-state index contributed by atoms with van der Waals surface area (Å²) in [5.74, 6) is -0.291. The van der Waals surface area contributed by atoms with E-state index in [4.69, 9.17) is 4.74 Å². The van der Waals surface area contributed by atoms with Crippen molar-refractivity contribution in [1.29, 1.82) is 0 Å². The van der Waals surface area contributed by atoms with Crippen molar-refractivity contribution in [1.82, 2.24) is 14.8 Å². The van der Waals surface area contributed by atoms with Crippen molar-refractivity contribution in [2.24, 2.45) is 5.92 Å². The first-order chi connectivity index (χ1) is 12.5. The number of likely N-dealkylation sites (tertiary alicyclic amines) is 1. The minimum absolute atomic E-state index is 0.00190. The smallest absolute Gasteiger partial charge is 0.354 e. The Kier molecular flexibility index (Phi) is 5.64. The third-order valence-corrected chi connectivity index (χ3v) is 5.55. The number of aromatic nitrogens is 1. The first-order valence-corrected chi connectivity index (χ1v) is 9.35. The summed E-state index contributed by atoms with van der Waals surface area (Å²) in [6, 6.07) is 3.27. The van der Waals surface area contributed by atoms with Crippen LogP contribution in [0.1, 0.15) is 55.6 Å². The molecule has 142 valence electrons. The summed E-state index contributed by atoms with van der Waals surface area (Å²) in [4.78, 5) is 38.3. The number of carbonyl (C=O) groups excluding carboxylic acids is 3. The fraction of sp³-hybridized carbons (Fsp3) is 0.632. The minimum atomic E-state index is -0.489. The summed E-state index contributed by atoms with van der Waals surface area (Å²) >= 11 is 0. The van der Waals surface area contributed by atoms with Gasteiger partial charge < -0.3 is 19.5 Å². The fourth-order valence-corrected chi connectivity index (χ4v) is 3.69. The lowest BCUT2D eigenvalue weighted by Gasteiger charge is -2.35. The number of ether oxygens (including phenoxy) is 1. The predicted molar refractivity (Wildman–Crippen MR) is 95.6 cm³/mol. The van der Waals surface area contributed by atoms with Crippen molar-refractivity contribution < 1.29 is 19.1 Å². The maximum absolute atomic E-state index is 12.6. The monoisotopic (exact) mass is 361 g/mol. The molecule has 1 aromatic heterocycles. The molecule has 1 atom stereocenters. The van der Waals surface area contributed by atoms with Crippen molar-refractivity contribution in [3.63, 3.8) is 0 Å². The highest BCUT2D eigenvalue weighted by Gasteiger charge is 2.31. The van der Waals surface area contributed by atoms with E-state index in [1.807, 2.05) is 21.7 Å². The molecule has 1 aliphatic carbocycles. The molecule has 1 aliphatic heterocycles. The molecule has 1 unspecified atom stereocenters. The van der Waals surface area contributed by atoms with E-state index >= 15 is 0 Å².